The highest BCUT2D eigenvalue weighted by Crippen LogP contribution is 2.16. The Morgan fingerprint density at radius 1 is 1.41 bits per heavy atom. The van der Waals surface area contributed by atoms with Crippen molar-refractivity contribution in [2.45, 2.75) is 18.9 Å². The number of halogens is 1. The molecule has 3 N–H and O–H groups in total. The van der Waals surface area contributed by atoms with Crippen molar-refractivity contribution in [3.63, 3.8) is 0 Å². The molecular weight excluding hydrogens is 286 g/mol. The fraction of sp³-hybridized carbons (Fsp3) is 0.500. The van der Waals surface area contributed by atoms with E-state index in [1.165, 1.54) is 0 Å². The molecule has 0 unspecified atom stereocenters. The molecule has 0 atom stereocenters. The number of urea groups is 1. The summed E-state index contributed by atoms with van der Waals surface area (Å²) in [6, 6.07) is -0.289. The Kier molecular flexibility index (Phi) is 3.78. The minimum atomic E-state index is -0.455. The zero-order valence-corrected chi connectivity index (χ0v) is 10.9. The molecule has 1 saturated heterocycles. The number of hydrogen-bond acceptors (Lipinski definition) is 4. The molecule has 0 radical (unpaired) electrons. The van der Waals surface area contributed by atoms with E-state index in [1.54, 1.807) is 12.4 Å². The number of carbonyl (C=O) groups is 1. The quantitative estimate of drug-likeness (QED) is 0.849. The van der Waals surface area contributed by atoms with Gasteiger partial charge < -0.3 is 16.0 Å². The molecule has 0 bridgehead atoms. The number of piperidine rings is 1. The Labute approximate surface area is 108 Å². The van der Waals surface area contributed by atoms with Crippen LogP contribution >= 0.6 is 15.9 Å². The summed E-state index contributed by atoms with van der Waals surface area (Å²) in [4.78, 5) is 21.3. The highest BCUT2D eigenvalue weighted by Gasteiger charge is 2.21. The van der Waals surface area contributed by atoms with Crippen molar-refractivity contribution in [3.05, 3.63) is 16.9 Å². The number of anilines is 1. The topological polar surface area (TPSA) is 84.1 Å². The van der Waals surface area contributed by atoms with Crippen LogP contribution in [-0.4, -0.2) is 35.1 Å². The van der Waals surface area contributed by atoms with Crippen molar-refractivity contribution in [3.8, 4) is 0 Å². The lowest BCUT2D eigenvalue weighted by Crippen LogP contribution is -2.46. The number of rotatable bonds is 2. The first-order valence-corrected chi connectivity index (χ1v) is 6.23. The fourth-order valence-corrected chi connectivity index (χ4v) is 2.10. The number of hydrogen-bond donors (Lipinski definition) is 2. The Morgan fingerprint density at radius 3 is 2.53 bits per heavy atom. The van der Waals surface area contributed by atoms with Crippen molar-refractivity contribution in [2.75, 3.05) is 18.0 Å². The van der Waals surface area contributed by atoms with Gasteiger partial charge in [-0.1, -0.05) is 0 Å². The average Bonchev–Trinajstić information content (AvgIpc) is 2.30. The minimum Gasteiger partial charge on any atom is -0.352 e. The molecule has 2 heterocycles. The SMILES string of the molecule is NC(=O)NC1CCN(c2ncc(Br)cn2)CC1. The van der Waals surface area contributed by atoms with E-state index in [1.807, 2.05) is 0 Å². The van der Waals surface area contributed by atoms with Gasteiger partial charge in [0.1, 0.15) is 0 Å². The van der Waals surface area contributed by atoms with E-state index in [-0.39, 0.29) is 6.04 Å². The maximum Gasteiger partial charge on any atom is 0.312 e. The van der Waals surface area contributed by atoms with Crippen LogP contribution in [0.1, 0.15) is 12.8 Å². The van der Waals surface area contributed by atoms with E-state index in [2.05, 4.69) is 36.1 Å². The number of nitrogens with one attached hydrogen (secondary N) is 1. The summed E-state index contributed by atoms with van der Waals surface area (Å²) < 4.78 is 0.867. The second kappa shape index (κ2) is 5.31. The zero-order valence-electron chi connectivity index (χ0n) is 9.27. The van der Waals surface area contributed by atoms with Gasteiger partial charge in [0, 0.05) is 31.5 Å². The Hall–Kier alpha value is -1.37. The van der Waals surface area contributed by atoms with Gasteiger partial charge in [-0.25, -0.2) is 14.8 Å². The van der Waals surface area contributed by atoms with E-state index in [0.717, 1.165) is 36.4 Å². The molecule has 2 amide bonds. The summed E-state index contributed by atoms with van der Waals surface area (Å²) in [5, 5.41) is 2.73. The lowest BCUT2D eigenvalue weighted by molar-refractivity contribution is 0.242. The fourth-order valence-electron chi connectivity index (χ4n) is 1.89. The van der Waals surface area contributed by atoms with Gasteiger partial charge in [-0.3, -0.25) is 0 Å². The van der Waals surface area contributed by atoms with Gasteiger partial charge in [0.15, 0.2) is 0 Å². The number of amides is 2. The van der Waals surface area contributed by atoms with Crippen LogP contribution < -0.4 is 16.0 Å². The van der Waals surface area contributed by atoms with Crippen molar-refractivity contribution >= 4 is 27.9 Å². The lowest BCUT2D eigenvalue weighted by Gasteiger charge is -2.31. The molecule has 7 heteroatoms. The molecule has 6 nitrogen and oxygen atoms in total. The van der Waals surface area contributed by atoms with Gasteiger partial charge in [0.2, 0.25) is 5.95 Å². The molecule has 1 aromatic rings. The van der Waals surface area contributed by atoms with E-state index < -0.39 is 6.03 Å². The number of primary amides is 1. The number of nitrogens with zero attached hydrogens (tertiary/aromatic N) is 3. The van der Waals surface area contributed by atoms with Crippen LogP contribution in [-0.2, 0) is 0 Å². The normalized spacial score (nSPS) is 16.9. The molecule has 1 aromatic heterocycles. The standard InChI is InChI=1S/C10H14BrN5O/c11-7-5-13-10(14-6-7)16-3-1-8(2-4-16)15-9(12)17/h5-6,8H,1-4H2,(H3,12,15,17). The number of aromatic nitrogens is 2. The summed E-state index contributed by atoms with van der Waals surface area (Å²) in [6.45, 7) is 1.65. The molecule has 17 heavy (non-hydrogen) atoms. The van der Waals surface area contributed by atoms with E-state index >= 15 is 0 Å². The third-order valence-corrected chi connectivity index (χ3v) is 3.14. The molecule has 0 spiro atoms. The van der Waals surface area contributed by atoms with Crippen LogP contribution in [0.3, 0.4) is 0 Å². The first-order valence-electron chi connectivity index (χ1n) is 5.43. The van der Waals surface area contributed by atoms with Gasteiger partial charge in [-0.15, -0.1) is 0 Å². The van der Waals surface area contributed by atoms with Crippen LogP contribution in [0.15, 0.2) is 16.9 Å². The van der Waals surface area contributed by atoms with Gasteiger partial charge in [0.25, 0.3) is 0 Å². The van der Waals surface area contributed by atoms with Crippen molar-refractivity contribution in [1.82, 2.24) is 15.3 Å². The summed E-state index contributed by atoms with van der Waals surface area (Å²) in [5.41, 5.74) is 5.09. The van der Waals surface area contributed by atoms with Crippen molar-refractivity contribution in [1.29, 1.82) is 0 Å². The van der Waals surface area contributed by atoms with Crippen LogP contribution in [0.25, 0.3) is 0 Å². The Balaban J connectivity index is 1.90. The first kappa shape index (κ1) is 12.1. The molecule has 0 aromatic carbocycles. The Morgan fingerprint density at radius 2 is 2.00 bits per heavy atom. The highest BCUT2D eigenvalue weighted by atomic mass is 79.9. The van der Waals surface area contributed by atoms with E-state index in [9.17, 15) is 4.79 Å². The minimum absolute atomic E-state index is 0.166. The first-order chi connectivity index (χ1) is 8.15. The lowest BCUT2D eigenvalue weighted by atomic mass is 10.1. The predicted octanol–water partition coefficient (Wildman–Crippen LogP) is 0.876. The van der Waals surface area contributed by atoms with Crippen molar-refractivity contribution in [2.24, 2.45) is 5.73 Å². The van der Waals surface area contributed by atoms with Crippen LogP contribution in [0.5, 0.6) is 0 Å². The van der Waals surface area contributed by atoms with Crippen LogP contribution in [0.4, 0.5) is 10.7 Å². The Bertz CT molecular complexity index is 388. The van der Waals surface area contributed by atoms with Crippen molar-refractivity contribution < 1.29 is 4.79 Å². The smallest absolute Gasteiger partial charge is 0.312 e. The van der Waals surface area contributed by atoms with Gasteiger partial charge in [-0.05, 0) is 28.8 Å². The molecule has 2 rings (SSSR count). The zero-order chi connectivity index (χ0) is 12.3. The maximum absolute atomic E-state index is 10.7. The average molecular weight is 300 g/mol. The van der Waals surface area contributed by atoms with Gasteiger partial charge >= 0.3 is 6.03 Å². The number of nitrogens with two attached hydrogens (primary N) is 1. The van der Waals surface area contributed by atoms with Crippen LogP contribution in [0.2, 0.25) is 0 Å². The summed E-state index contributed by atoms with van der Waals surface area (Å²) in [7, 11) is 0. The monoisotopic (exact) mass is 299 g/mol. The summed E-state index contributed by atoms with van der Waals surface area (Å²) in [6.07, 6.45) is 5.19. The molecule has 1 aliphatic rings. The maximum atomic E-state index is 10.7. The van der Waals surface area contributed by atoms with E-state index in [0.29, 0.717) is 0 Å². The molecule has 92 valence electrons. The third kappa shape index (κ3) is 3.29. The molecule has 0 saturated carbocycles. The third-order valence-electron chi connectivity index (χ3n) is 2.73. The molecule has 1 aliphatic heterocycles. The van der Waals surface area contributed by atoms with Crippen LogP contribution in [0, 0.1) is 0 Å². The largest absolute Gasteiger partial charge is 0.352 e. The van der Waals surface area contributed by atoms with Gasteiger partial charge in [0.05, 0.1) is 4.47 Å². The summed E-state index contributed by atoms with van der Waals surface area (Å²) in [5.74, 6) is 0.728. The summed E-state index contributed by atoms with van der Waals surface area (Å²) >= 11 is 3.30. The molecule has 0 aliphatic carbocycles. The second-order valence-electron chi connectivity index (χ2n) is 3.97. The second-order valence-corrected chi connectivity index (χ2v) is 4.89. The highest BCUT2D eigenvalue weighted by molar-refractivity contribution is 9.10. The molecular formula is C10H14BrN5O. The van der Waals surface area contributed by atoms with Gasteiger partial charge in [-0.2, -0.15) is 0 Å². The molecule has 1 fully saturated rings. The van der Waals surface area contributed by atoms with E-state index in [4.69, 9.17) is 5.73 Å². The predicted molar refractivity (Wildman–Crippen MR) is 67.7 cm³/mol. The number of carbonyl (C=O) groups excluding carboxylic acids is 1.